The molecule has 0 radical (unpaired) electrons. The van der Waals surface area contributed by atoms with E-state index in [1.165, 1.54) is 0 Å². The fourth-order valence-electron chi connectivity index (χ4n) is 1.25. The lowest BCUT2D eigenvalue weighted by Gasteiger charge is -2.05. The molecule has 0 bridgehead atoms. The lowest BCUT2D eigenvalue weighted by molar-refractivity contribution is 0.469. The number of nitrogens with zero attached hydrogens (tertiary/aromatic N) is 2. The van der Waals surface area contributed by atoms with Gasteiger partial charge in [0.25, 0.3) is 0 Å². The van der Waals surface area contributed by atoms with Crippen LogP contribution in [0.3, 0.4) is 0 Å². The standard InChI is InChI=1S/3C6H6.C5H12.C4H10.C3H6N2.2C2H6/c3*1-2-4-6-5-3-1;1-5(2,3)4;1-4(2)3;1-4-3-5-2;2*1-2/h3*1-6H;1-4H3;4H,1-3H3;1-2H3;2*1-2H3. The molecule has 0 aromatic heterocycles. The van der Waals surface area contributed by atoms with Gasteiger partial charge in [0.1, 0.15) is 0 Å². The minimum atomic E-state index is 0.500. The summed E-state index contributed by atoms with van der Waals surface area (Å²) in [6.07, 6.45) is 0. The highest BCUT2D eigenvalue weighted by Gasteiger charge is 1.95. The fraction of sp³-hybridized carbons (Fsp3) is 0.441. The Morgan fingerprint density at radius 1 is 0.417 bits per heavy atom. The van der Waals surface area contributed by atoms with E-state index < -0.39 is 0 Å². The van der Waals surface area contributed by atoms with E-state index >= 15 is 0 Å². The Balaban J connectivity index is -0.000000104. The predicted molar refractivity (Wildman–Crippen MR) is 169 cm³/mol. The number of hydrogen-bond donors (Lipinski definition) is 0. The molecule has 0 saturated carbocycles. The highest BCUT2D eigenvalue weighted by molar-refractivity contribution is 5.39. The van der Waals surface area contributed by atoms with Crippen LogP contribution in [-0.2, 0) is 0 Å². The van der Waals surface area contributed by atoms with Crippen LogP contribution in [0.15, 0.2) is 119 Å². The Morgan fingerprint density at radius 2 is 0.500 bits per heavy atom. The molecule has 0 atom stereocenters. The molecular formula is C34H58N2. The molecule has 3 rings (SSSR count). The van der Waals surface area contributed by atoms with Crippen molar-refractivity contribution in [3.05, 3.63) is 109 Å². The lowest BCUT2D eigenvalue weighted by Crippen LogP contribution is -1.93. The van der Waals surface area contributed by atoms with Crippen molar-refractivity contribution >= 4 is 6.01 Å². The first-order valence-corrected chi connectivity index (χ1v) is 13.1. The van der Waals surface area contributed by atoms with Crippen molar-refractivity contribution in [3.63, 3.8) is 0 Å². The molecule has 3 aromatic carbocycles. The van der Waals surface area contributed by atoms with E-state index in [1.807, 2.05) is 137 Å². The molecule has 0 aliphatic carbocycles. The van der Waals surface area contributed by atoms with Crippen molar-refractivity contribution in [2.24, 2.45) is 21.3 Å². The summed E-state index contributed by atoms with van der Waals surface area (Å²) in [4.78, 5) is 6.88. The molecule has 0 aliphatic heterocycles. The third-order valence-corrected chi connectivity index (χ3v) is 2.20. The third-order valence-electron chi connectivity index (χ3n) is 2.20. The fourth-order valence-corrected chi connectivity index (χ4v) is 1.25. The summed E-state index contributed by atoms with van der Waals surface area (Å²) in [6, 6.07) is 38.4. The molecule has 0 saturated heterocycles. The molecule has 0 unspecified atom stereocenters. The molecule has 0 amide bonds. The molecule has 0 aliphatic rings. The van der Waals surface area contributed by atoms with Crippen LogP contribution in [0, 0.1) is 11.3 Å². The highest BCUT2D eigenvalue weighted by Crippen LogP contribution is 2.08. The first-order chi connectivity index (χ1) is 17.1. The van der Waals surface area contributed by atoms with Gasteiger partial charge in [-0.3, -0.25) is 0 Å². The van der Waals surface area contributed by atoms with Gasteiger partial charge in [-0.15, -0.1) is 0 Å². The van der Waals surface area contributed by atoms with Crippen molar-refractivity contribution < 1.29 is 0 Å². The lowest BCUT2D eigenvalue weighted by atomic mass is 10.0. The van der Waals surface area contributed by atoms with Crippen molar-refractivity contribution in [2.45, 2.75) is 76.2 Å². The number of aliphatic imine (C=N–C) groups is 2. The van der Waals surface area contributed by atoms with Crippen LogP contribution in [0.1, 0.15) is 76.2 Å². The number of hydrogen-bond acceptors (Lipinski definition) is 2. The zero-order valence-corrected chi connectivity index (χ0v) is 25.9. The van der Waals surface area contributed by atoms with Gasteiger partial charge in [0.2, 0.25) is 0 Å². The second kappa shape index (κ2) is 42.2. The summed E-state index contributed by atoms with van der Waals surface area (Å²) in [5.74, 6) is 0.833. The van der Waals surface area contributed by atoms with Crippen LogP contribution in [0.25, 0.3) is 0 Å². The van der Waals surface area contributed by atoms with Crippen molar-refractivity contribution in [1.29, 1.82) is 0 Å². The molecule has 0 N–H and O–H groups in total. The summed E-state index contributed by atoms with van der Waals surface area (Å²) < 4.78 is 0. The normalized spacial score (nSPS) is 7.72. The van der Waals surface area contributed by atoms with Crippen molar-refractivity contribution in [2.75, 3.05) is 14.1 Å². The van der Waals surface area contributed by atoms with Crippen molar-refractivity contribution in [3.8, 4) is 0 Å². The Hall–Kier alpha value is -2.96. The first kappa shape index (κ1) is 43.1. The molecule has 204 valence electrons. The van der Waals surface area contributed by atoms with E-state index in [2.05, 4.69) is 64.5 Å². The largest absolute Gasteiger partial charge is 0.229 e. The van der Waals surface area contributed by atoms with Crippen LogP contribution in [0.5, 0.6) is 0 Å². The molecule has 0 fully saturated rings. The van der Waals surface area contributed by atoms with Crippen LogP contribution in [-0.4, -0.2) is 20.1 Å². The monoisotopic (exact) mass is 494 g/mol. The van der Waals surface area contributed by atoms with Gasteiger partial charge in [-0.1, -0.05) is 185 Å². The second-order valence-corrected chi connectivity index (χ2v) is 8.74. The molecule has 0 spiro atoms. The highest BCUT2D eigenvalue weighted by atomic mass is 14.7. The second-order valence-electron chi connectivity index (χ2n) is 8.74. The van der Waals surface area contributed by atoms with Gasteiger partial charge in [-0.05, 0) is 11.3 Å². The Labute approximate surface area is 226 Å². The van der Waals surface area contributed by atoms with E-state index in [4.69, 9.17) is 0 Å². The topological polar surface area (TPSA) is 24.7 Å². The van der Waals surface area contributed by atoms with Gasteiger partial charge in [-0.2, -0.15) is 0 Å². The molecule has 2 heteroatoms. The summed E-state index contributed by atoms with van der Waals surface area (Å²) >= 11 is 0. The minimum absolute atomic E-state index is 0.500. The number of benzene rings is 3. The third kappa shape index (κ3) is 96.5. The van der Waals surface area contributed by atoms with E-state index in [0.717, 1.165) is 5.92 Å². The Bertz CT molecular complexity index is 540. The summed E-state index contributed by atoms with van der Waals surface area (Å²) in [5, 5.41) is 0. The van der Waals surface area contributed by atoms with E-state index in [9.17, 15) is 0 Å². The van der Waals surface area contributed by atoms with Crippen molar-refractivity contribution in [1.82, 2.24) is 0 Å². The molecule has 36 heavy (non-hydrogen) atoms. The van der Waals surface area contributed by atoms with E-state index in [-0.39, 0.29) is 0 Å². The van der Waals surface area contributed by atoms with Crippen LogP contribution >= 0.6 is 0 Å². The van der Waals surface area contributed by atoms with Gasteiger partial charge in [-0.25, -0.2) is 9.98 Å². The van der Waals surface area contributed by atoms with Crippen LogP contribution < -0.4 is 0 Å². The summed E-state index contributed by atoms with van der Waals surface area (Å²) in [6.45, 7) is 23.3. The van der Waals surface area contributed by atoms with Gasteiger partial charge in [0.15, 0.2) is 0 Å². The predicted octanol–water partition coefficient (Wildman–Crippen LogP) is 11.2. The maximum absolute atomic E-state index is 3.44. The molecular weight excluding hydrogens is 436 g/mol. The van der Waals surface area contributed by atoms with Gasteiger partial charge < -0.3 is 0 Å². The summed E-state index contributed by atoms with van der Waals surface area (Å²) in [5.41, 5.74) is 0.500. The van der Waals surface area contributed by atoms with E-state index in [0.29, 0.717) is 5.41 Å². The number of rotatable bonds is 0. The van der Waals surface area contributed by atoms with Gasteiger partial charge in [0.05, 0.1) is 6.01 Å². The first-order valence-electron chi connectivity index (χ1n) is 13.1. The summed E-state index contributed by atoms with van der Waals surface area (Å²) in [7, 11) is 3.26. The van der Waals surface area contributed by atoms with Gasteiger partial charge >= 0.3 is 0 Å². The van der Waals surface area contributed by atoms with Gasteiger partial charge in [0, 0.05) is 14.1 Å². The maximum Gasteiger partial charge on any atom is 0.0886 e. The Kier molecular flexibility index (Phi) is 50.6. The average molecular weight is 495 g/mol. The van der Waals surface area contributed by atoms with E-state index in [1.54, 1.807) is 14.1 Å². The van der Waals surface area contributed by atoms with Crippen LogP contribution in [0.4, 0.5) is 0 Å². The average Bonchev–Trinajstić information content (AvgIpc) is 2.90. The maximum atomic E-state index is 3.44. The minimum Gasteiger partial charge on any atom is -0.229 e. The smallest absolute Gasteiger partial charge is 0.0886 e. The SMILES string of the molecule is CC.CC.CC(C)(C)C.CC(C)C.CN=C=NC.c1ccccc1.c1ccccc1.c1ccccc1. The molecule has 0 heterocycles. The zero-order valence-electron chi connectivity index (χ0n) is 25.9. The Morgan fingerprint density at radius 3 is 0.528 bits per heavy atom. The zero-order chi connectivity index (χ0) is 28.9. The quantitative estimate of drug-likeness (QED) is 0.278. The molecule has 2 nitrogen and oxygen atoms in total. The molecule has 3 aromatic rings. The van der Waals surface area contributed by atoms with Crippen LogP contribution in [0.2, 0.25) is 0 Å².